The number of carbonyl (C=O) groups is 1. The molecule has 1 heterocycles. The molecule has 0 spiro atoms. The molecule has 0 saturated heterocycles. The van der Waals surface area contributed by atoms with Crippen molar-refractivity contribution in [2.75, 3.05) is 24.0 Å². The third kappa shape index (κ3) is 5.41. The third-order valence-electron chi connectivity index (χ3n) is 5.17. The van der Waals surface area contributed by atoms with Crippen LogP contribution in [0.1, 0.15) is 5.56 Å². The molecule has 1 N–H and O–H groups in total. The molecule has 1 atom stereocenters. The Hall–Kier alpha value is -2.94. The fourth-order valence-electron chi connectivity index (χ4n) is 3.39. The minimum absolute atomic E-state index is 0.0302. The van der Waals surface area contributed by atoms with Crippen molar-refractivity contribution >= 4 is 44.8 Å². The van der Waals surface area contributed by atoms with E-state index in [9.17, 15) is 13.2 Å². The molecule has 0 bridgehead atoms. The number of amides is 1. The quantitative estimate of drug-likeness (QED) is 0.497. The van der Waals surface area contributed by atoms with Gasteiger partial charge in [-0.05, 0) is 49.4 Å². The molecule has 0 fully saturated rings. The summed E-state index contributed by atoms with van der Waals surface area (Å²) in [6, 6.07) is 18.0. The van der Waals surface area contributed by atoms with Crippen molar-refractivity contribution in [2.45, 2.75) is 17.9 Å². The summed E-state index contributed by atoms with van der Waals surface area (Å²) in [5.41, 5.74) is 1.01. The predicted octanol–water partition coefficient (Wildman–Crippen LogP) is 4.45. The van der Waals surface area contributed by atoms with Crippen LogP contribution in [0.2, 0.25) is 10.0 Å². The molecule has 1 amide bonds. The molecule has 3 aromatic rings. The Labute approximate surface area is 208 Å². The zero-order valence-electron chi connectivity index (χ0n) is 18.2. The topological polar surface area (TPSA) is 84.9 Å². The zero-order chi connectivity index (χ0) is 24.3. The maximum Gasteiger partial charge on any atom is 0.264 e. The molecular weight excluding hydrogens is 499 g/mol. The van der Waals surface area contributed by atoms with Gasteiger partial charge in [-0.25, -0.2) is 8.42 Å². The van der Waals surface area contributed by atoms with E-state index >= 15 is 0 Å². The van der Waals surface area contributed by atoms with Crippen LogP contribution in [0.4, 0.5) is 5.69 Å². The summed E-state index contributed by atoms with van der Waals surface area (Å²) in [4.78, 5) is 12.9. The van der Waals surface area contributed by atoms with E-state index in [2.05, 4.69) is 5.32 Å². The lowest BCUT2D eigenvalue weighted by atomic mass is 10.2. The number of anilines is 1. The van der Waals surface area contributed by atoms with Gasteiger partial charge in [-0.1, -0.05) is 53.0 Å². The second-order valence-corrected chi connectivity index (χ2v) is 10.4. The molecular formula is C24H22Cl2N2O5S. The van der Waals surface area contributed by atoms with Gasteiger partial charge in [0.05, 0.1) is 22.2 Å². The summed E-state index contributed by atoms with van der Waals surface area (Å²) in [7, 11) is -4.11. The molecule has 0 aliphatic carbocycles. The molecule has 0 radical (unpaired) electrons. The van der Waals surface area contributed by atoms with E-state index in [4.69, 9.17) is 32.7 Å². The highest BCUT2D eigenvalue weighted by Crippen LogP contribution is 2.33. The Morgan fingerprint density at radius 2 is 1.76 bits per heavy atom. The highest BCUT2D eigenvalue weighted by atomic mass is 35.5. The number of sulfonamides is 1. The van der Waals surface area contributed by atoms with Crippen molar-refractivity contribution in [1.82, 2.24) is 5.32 Å². The van der Waals surface area contributed by atoms with Gasteiger partial charge >= 0.3 is 0 Å². The first-order valence-corrected chi connectivity index (χ1v) is 12.6. The van der Waals surface area contributed by atoms with E-state index in [1.165, 1.54) is 24.3 Å². The van der Waals surface area contributed by atoms with Crippen LogP contribution in [0, 0.1) is 6.92 Å². The molecule has 1 aliphatic rings. The molecule has 0 saturated carbocycles. The highest BCUT2D eigenvalue weighted by Gasteiger charge is 2.29. The Morgan fingerprint density at radius 3 is 2.50 bits per heavy atom. The van der Waals surface area contributed by atoms with Gasteiger partial charge in [-0.15, -0.1) is 0 Å². The fourth-order valence-corrected chi connectivity index (χ4v) is 5.26. The van der Waals surface area contributed by atoms with Crippen LogP contribution < -0.4 is 19.1 Å². The number of benzene rings is 3. The van der Waals surface area contributed by atoms with Gasteiger partial charge in [0.15, 0.2) is 11.5 Å². The Kier molecular flexibility index (Phi) is 7.21. The lowest BCUT2D eigenvalue weighted by molar-refractivity contribution is -0.120. The maximum absolute atomic E-state index is 13.5. The minimum Gasteiger partial charge on any atom is -0.486 e. The Bertz CT molecular complexity index is 1300. The Balaban J connectivity index is 1.53. The first-order valence-electron chi connectivity index (χ1n) is 10.4. The van der Waals surface area contributed by atoms with Crippen molar-refractivity contribution in [3.05, 3.63) is 82.3 Å². The summed E-state index contributed by atoms with van der Waals surface area (Å²) in [5, 5.41) is 3.16. The first-order chi connectivity index (χ1) is 16.2. The third-order valence-corrected chi connectivity index (χ3v) is 7.50. The molecule has 178 valence electrons. The number of nitrogens with zero attached hydrogens (tertiary/aromatic N) is 1. The zero-order valence-corrected chi connectivity index (χ0v) is 20.5. The molecule has 10 heteroatoms. The van der Waals surface area contributed by atoms with Gasteiger partial charge in [0, 0.05) is 5.02 Å². The molecule has 7 nitrogen and oxygen atoms in total. The highest BCUT2D eigenvalue weighted by molar-refractivity contribution is 7.92. The van der Waals surface area contributed by atoms with Gasteiger partial charge in [0.25, 0.3) is 10.0 Å². The lowest BCUT2D eigenvalue weighted by Crippen LogP contribution is -2.45. The van der Waals surface area contributed by atoms with Crippen LogP contribution in [0.3, 0.4) is 0 Å². The van der Waals surface area contributed by atoms with Crippen LogP contribution in [0.15, 0.2) is 71.6 Å². The Morgan fingerprint density at radius 1 is 1.06 bits per heavy atom. The summed E-state index contributed by atoms with van der Waals surface area (Å²) in [6.07, 6.45) is -0.421. The van der Waals surface area contributed by atoms with Crippen molar-refractivity contribution in [3.63, 3.8) is 0 Å². The number of rotatable bonds is 7. The normalized spacial score (nSPS) is 15.0. The van der Waals surface area contributed by atoms with Crippen molar-refractivity contribution in [1.29, 1.82) is 0 Å². The SMILES string of the molecule is Cc1ccc(S(=O)(=O)N(CC(=O)NC[C@@H]2COc3ccccc3O2)c2cc(Cl)ccc2Cl)cc1. The summed E-state index contributed by atoms with van der Waals surface area (Å²) in [6.45, 7) is 1.74. The first kappa shape index (κ1) is 24.2. The van der Waals surface area contributed by atoms with Crippen molar-refractivity contribution in [3.8, 4) is 11.5 Å². The average molecular weight is 521 g/mol. The second-order valence-electron chi connectivity index (χ2n) is 7.72. The van der Waals surface area contributed by atoms with Crippen LogP contribution in [-0.4, -0.2) is 40.1 Å². The molecule has 4 rings (SSSR count). The summed E-state index contributed by atoms with van der Waals surface area (Å²) in [5.74, 6) is 0.688. The number of nitrogens with one attached hydrogen (secondary N) is 1. The second kappa shape index (κ2) is 10.1. The molecule has 34 heavy (non-hydrogen) atoms. The standard InChI is InChI=1S/C24H22Cl2N2O5S/c1-16-6-9-19(10-7-16)34(30,31)28(21-12-17(25)8-11-20(21)26)14-24(29)27-13-18-15-32-22-4-2-3-5-23(22)33-18/h2-12,18H,13-15H2,1H3,(H,27,29)/t18-/m1/s1. The fraction of sp³-hybridized carbons (Fsp3) is 0.208. The smallest absolute Gasteiger partial charge is 0.264 e. The number of para-hydroxylation sites is 2. The monoisotopic (exact) mass is 520 g/mol. The van der Waals surface area contributed by atoms with Gasteiger partial charge in [-0.2, -0.15) is 0 Å². The summed E-state index contributed by atoms with van der Waals surface area (Å²) < 4.78 is 39.4. The van der Waals surface area contributed by atoms with E-state index in [0.717, 1.165) is 9.87 Å². The van der Waals surface area contributed by atoms with Crippen LogP contribution >= 0.6 is 23.2 Å². The largest absolute Gasteiger partial charge is 0.486 e. The molecule has 0 aromatic heterocycles. The van der Waals surface area contributed by atoms with Crippen molar-refractivity contribution < 1.29 is 22.7 Å². The molecule has 3 aromatic carbocycles. The van der Waals surface area contributed by atoms with E-state index < -0.39 is 28.6 Å². The van der Waals surface area contributed by atoms with Gasteiger partial charge < -0.3 is 14.8 Å². The number of halogens is 2. The number of aryl methyl sites for hydroxylation is 1. The number of carbonyl (C=O) groups excluding carboxylic acids is 1. The number of hydrogen-bond donors (Lipinski definition) is 1. The number of ether oxygens (including phenoxy) is 2. The van der Waals surface area contributed by atoms with Crippen LogP contribution in [0.25, 0.3) is 0 Å². The van der Waals surface area contributed by atoms with Crippen molar-refractivity contribution in [2.24, 2.45) is 0 Å². The molecule has 1 aliphatic heterocycles. The van der Waals surface area contributed by atoms with Gasteiger partial charge in [0.1, 0.15) is 19.3 Å². The predicted molar refractivity (Wildman–Crippen MR) is 132 cm³/mol. The minimum atomic E-state index is -4.11. The molecule has 0 unspecified atom stereocenters. The van der Waals surface area contributed by atoms with E-state index in [1.54, 1.807) is 30.3 Å². The van der Waals surface area contributed by atoms with E-state index in [0.29, 0.717) is 11.5 Å². The summed E-state index contributed by atoms with van der Waals surface area (Å²) >= 11 is 12.4. The van der Waals surface area contributed by atoms with E-state index in [-0.39, 0.29) is 33.8 Å². The van der Waals surface area contributed by atoms with E-state index in [1.807, 2.05) is 19.1 Å². The number of hydrogen-bond acceptors (Lipinski definition) is 5. The van der Waals surface area contributed by atoms with Crippen LogP contribution in [0.5, 0.6) is 11.5 Å². The average Bonchev–Trinajstić information content (AvgIpc) is 2.83. The van der Waals surface area contributed by atoms with Gasteiger partial charge in [-0.3, -0.25) is 9.10 Å². The van der Waals surface area contributed by atoms with Gasteiger partial charge in [0.2, 0.25) is 5.91 Å². The number of fused-ring (bicyclic) bond motifs is 1. The van der Waals surface area contributed by atoms with Crippen LogP contribution in [-0.2, 0) is 14.8 Å². The maximum atomic E-state index is 13.5. The lowest BCUT2D eigenvalue weighted by Gasteiger charge is -2.28.